The summed E-state index contributed by atoms with van der Waals surface area (Å²) in [5, 5.41) is 8.57. The van der Waals surface area contributed by atoms with E-state index in [9.17, 15) is 14.4 Å². The van der Waals surface area contributed by atoms with Gasteiger partial charge < -0.3 is 15.7 Å². The zero-order chi connectivity index (χ0) is 23.2. The van der Waals surface area contributed by atoms with Crippen molar-refractivity contribution in [1.82, 2.24) is 0 Å². The molecule has 0 saturated carbocycles. The van der Waals surface area contributed by atoms with E-state index in [1.165, 1.54) is 0 Å². The molecule has 2 fully saturated rings. The molecule has 3 N–H and O–H groups in total. The molecule has 0 unspecified atom stereocenters. The summed E-state index contributed by atoms with van der Waals surface area (Å²) in [4.78, 5) is 41.9. The lowest BCUT2D eigenvalue weighted by Gasteiger charge is -2.35. The van der Waals surface area contributed by atoms with Crippen molar-refractivity contribution in [2.75, 3.05) is 9.80 Å². The molecule has 166 valence electrons. The normalized spacial score (nSPS) is 25.3. The topological polar surface area (TPSA) is 104 Å². The highest BCUT2D eigenvalue weighted by Gasteiger charge is 2.64. The first-order valence-corrected chi connectivity index (χ1v) is 10.8. The Kier molecular flexibility index (Phi) is 5.79. The number of amides is 3. The van der Waals surface area contributed by atoms with Crippen LogP contribution in [0.2, 0.25) is 5.02 Å². The van der Waals surface area contributed by atoms with Crippen molar-refractivity contribution in [3.05, 3.63) is 65.2 Å². The Hall–Kier alpha value is -3.16. The van der Waals surface area contributed by atoms with E-state index in [2.05, 4.69) is 0 Å². The van der Waals surface area contributed by atoms with E-state index < -0.39 is 35.7 Å². The highest BCUT2D eigenvalue weighted by Crippen LogP contribution is 2.48. The molecule has 4 atom stereocenters. The van der Waals surface area contributed by atoms with Gasteiger partial charge in [0, 0.05) is 16.8 Å². The maximum absolute atomic E-state index is 13.3. The molecule has 32 heavy (non-hydrogen) atoms. The first-order valence-electron chi connectivity index (χ1n) is 10.4. The van der Waals surface area contributed by atoms with Gasteiger partial charge in [0.05, 0.1) is 23.6 Å². The van der Waals surface area contributed by atoms with E-state index in [1.807, 2.05) is 41.3 Å². The number of aliphatic hydroxyl groups excluding tert-OH is 1. The minimum Gasteiger partial charge on any atom is -0.394 e. The van der Waals surface area contributed by atoms with Gasteiger partial charge in [-0.2, -0.15) is 0 Å². The second kappa shape index (κ2) is 8.41. The van der Waals surface area contributed by atoms with Gasteiger partial charge in [-0.1, -0.05) is 42.0 Å². The molecule has 3 aliphatic heterocycles. The van der Waals surface area contributed by atoms with E-state index in [1.54, 1.807) is 38.1 Å². The van der Waals surface area contributed by atoms with Crippen molar-refractivity contribution < 1.29 is 19.5 Å². The quantitative estimate of drug-likeness (QED) is 0.680. The maximum atomic E-state index is 13.3. The van der Waals surface area contributed by atoms with Crippen LogP contribution in [0, 0.1) is 11.8 Å². The van der Waals surface area contributed by atoms with E-state index in [-0.39, 0.29) is 12.0 Å². The predicted octanol–water partition coefficient (Wildman–Crippen LogP) is 2.60. The molecular formula is C24H24ClN3O4. The van der Waals surface area contributed by atoms with Gasteiger partial charge in [-0.3, -0.25) is 14.4 Å². The molecule has 3 aliphatic rings. The lowest BCUT2D eigenvalue weighted by atomic mass is 9.88. The number of imide groups is 1. The van der Waals surface area contributed by atoms with E-state index in [0.717, 1.165) is 16.2 Å². The lowest BCUT2D eigenvalue weighted by Crippen LogP contribution is -2.50. The molecule has 3 heterocycles. The molecule has 3 amide bonds. The zero-order valence-corrected chi connectivity index (χ0v) is 18.4. The number of hydrogen-bond acceptors (Lipinski definition) is 5. The third-order valence-corrected chi connectivity index (χ3v) is 6.04. The standard InChI is InChI=1S/C21H16ClN3O3.C3H8O/c22-12-6-8-13(9-7-12)24-20(27)16-15-10-5-11-3-1-2-4-14(11)25(15)18(19(23)26)17(16)21(24)28;1-3(2)4/h1-10,15-18H,(H2,23,26);3-4H,1-2H3/t15-,16-,17-,18+;/m1./s1. The molecule has 2 aromatic carbocycles. The van der Waals surface area contributed by atoms with Gasteiger partial charge >= 0.3 is 0 Å². The van der Waals surface area contributed by atoms with Crippen LogP contribution in [0.3, 0.4) is 0 Å². The molecule has 0 bridgehead atoms. The van der Waals surface area contributed by atoms with Crippen molar-refractivity contribution >= 4 is 46.8 Å². The Morgan fingerprint density at radius 2 is 1.62 bits per heavy atom. The number of fused-ring (bicyclic) bond motifs is 5. The minimum atomic E-state index is -0.880. The van der Waals surface area contributed by atoms with Gasteiger partial charge in [0.25, 0.3) is 0 Å². The monoisotopic (exact) mass is 453 g/mol. The summed E-state index contributed by atoms with van der Waals surface area (Å²) in [5.41, 5.74) is 7.92. The van der Waals surface area contributed by atoms with Crippen molar-refractivity contribution in [3.63, 3.8) is 0 Å². The molecular weight excluding hydrogens is 430 g/mol. The van der Waals surface area contributed by atoms with Gasteiger partial charge in [0.2, 0.25) is 17.7 Å². The van der Waals surface area contributed by atoms with E-state index >= 15 is 0 Å². The summed E-state index contributed by atoms with van der Waals surface area (Å²) in [6.07, 6.45) is 3.65. The highest BCUT2D eigenvalue weighted by atomic mass is 35.5. The van der Waals surface area contributed by atoms with Crippen LogP contribution in [0.25, 0.3) is 6.08 Å². The Labute approximate surface area is 191 Å². The van der Waals surface area contributed by atoms with Gasteiger partial charge in [0.15, 0.2) is 0 Å². The second-order valence-electron chi connectivity index (χ2n) is 8.30. The summed E-state index contributed by atoms with van der Waals surface area (Å²) in [6, 6.07) is 12.8. The van der Waals surface area contributed by atoms with Crippen molar-refractivity contribution in [3.8, 4) is 0 Å². The lowest BCUT2D eigenvalue weighted by molar-refractivity contribution is -0.127. The fraction of sp³-hybridized carbons (Fsp3) is 0.292. The fourth-order valence-corrected chi connectivity index (χ4v) is 4.81. The Morgan fingerprint density at radius 3 is 2.25 bits per heavy atom. The SMILES string of the molecule is CC(C)O.NC(=O)[C@@H]1[C@@H]2C(=O)N(c3ccc(Cl)cc3)C(=O)[C@@H]2[C@H]2C=Cc3ccccc3N21. The van der Waals surface area contributed by atoms with Crippen LogP contribution in [0.15, 0.2) is 54.6 Å². The number of para-hydroxylation sites is 1. The number of hydrogen-bond donors (Lipinski definition) is 2. The Morgan fingerprint density at radius 1 is 1.03 bits per heavy atom. The number of rotatable bonds is 2. The molecule has 2 aromatic rings. The Balaban J connectivity index is 0.000000567. The van der Waals surface area contributed by atoms with Crippen molar-refractivity contribution in [2.45, 2.75) is 32.0 Å². The summed E-state index contributed by atoms with van der Waals surface area (Å²) < 4.78 is 0. The zero-order valence-electron chi connectivity index (χ0n) is 17.7. The first-order chi connectivity index (χ1) is 15.2. The van der Waals surface area contributed by atoms with Gasteiger partial charge in [-0.15, -0.1) is 0 Å². The van der Waals surface area contributed by atoms with E-state index in [4.69, 9.17) is 22.4 Å². The number of benzene rings is 2. The summed E-state index contributed by atoms with van der Waals surface area (Å²) in [6.45, 7) is 3.44. The molecule has 5 rings (SSSR count). The van der Waals surface area contributed by atoms with Crippen molar-refractivity contribution in [1.29, 1.82) is 0 Å². The largest absolute Gasteiger partial charge is 0.394 e. The number of carbonyl (C=O) groups is 3. The number of halogens is 1. The number of nitrogens with two attached hydrogens (primary N) is 1. The third-order valence-electron chi connectivity index (χ3n) is 5.79. The van der Waals surface area contributed by atoms with Crippen LogP contribution in [-0.2, 0) is 14.4 Å². The van der Waals surface area contributed by atoms with Crippen molar-refractivity contribution in [2.24, 2.45) is 17.6 Å². The smallest absolute Gasteiger partial charge is 0.241 e. The van der Waals surface area contributed by atoms with Crippen LogP contribution >= 0.6 is 11.6 Å². The third kappa shape index (κ3) is 3.57. The van der Waals surface area contributed by atoms with E-state index in [0.29, 0.717) is 10.7 Å². The number of primary amides is 1. The average Bonchev–Trinajstić information content (AvgIpc) is 3.22. The molecule has 0 spiro atoms. The second-order valence-corrected chi connectivity index (χ2v) is 8.73. The van der Waals surface area contributed by atoms with Crippen LogP contribution in [0.4, 0.5) is 11.4 Å². The number of aliphatic hydroxyl groups is 1. The van der Waals surface area contributed by atoms with Crippen LogP contribution in [-0.4, -0.2) is 41.0 Å². The molecule has 2 saturated heterocycles. The number of anilines is 2. The number of nitrogens with zero attached hydrogens (tertiary/aromatic N) is 2. The number of carbonyl (C=O) groups excluding carboxylic acids is 3. The molecule has 0 aliphatic carbocycles. The van der Waals surface area contributed by atoms with Crippen LogP contribution < -0.4 is 15.5 Å². The summed E-state index contributed by atoms with van der Waals surface area (Å²) >= 11 is 5.93. The first kappa shape index (κ1) is 22.0. The van der Waals surface area contributed by atoms with Gasteiger partial charge in [-0.25, -0.2) is 4.90 Å². The van der Waals surface area contributed by atoms with Crippen LogP contribution in [0.5, 0.6) is 0 Å². The average molecular weight is 454 g/mol. The van der Waals surface area contributed by atoms with Gasteiger partial charge in [0.1, 0.15) is 6.04 Å². The van der Waals surface area contributed by atoms with Crippen LogP contribution in [0.1, 0.15) is 19.4 Å². The molecule has 0 radical (unpaired) electrons. The summed E-state index contributed by atoms with van der Waals surface area (Å²) in [5.74, 6) is -2.81. The molecule has 7 nitrogen and oxygen atoms in total. The van der Waals surface area contributed by atoms with Gasteiger partial charge in [-0.05, 0) is 49.7 Å². The minimum absolute atomic E-state index is 0.167. The fourth-order valence-electron chi connectivity index (χ4n) is 4.68. The molecule has 0 aromatic heterocycles. The summed E-state index contributed by atoms with van der Waals surface area (Å²) in [7, 11) is 0. The Bertz CT molecular complexity index is 1100. The molecule has 8 heteroatoms. The maximum Gasteiger partial charge on any atom is 0.241 e. The highest BCUT2D eigenvalue weighted by molar-refractivity contribution is 6.31. The predicted molar refractivity (Wildman–Crippen MR) is 123 cm³/mol.